The van der Waals surface area contributed by atoms with Crippen molar-refractivity contribution >= 4 is 11.8 Å². The summed E-state index contributed by atoms with van der Waals surface area (Å²) in [5, 5.41) is 3.29. The van der Waals surface area contributed by atoms with E-state index in [-0.39, 0.29) is 5.75 Å². The largest absolute Gasteiger partial charge is 0.464 e. The molecule has 0 aliphatic carbocycles. The third-order valence-corrected chi connectivity index (χ3v) is 3.57. The molecule has 1 heterocycles. The van der Waals surface area contributed by atoms with Gasteiger partial charge in [0.2, 0.25) is 0 Å². The van der Waals surface area contributed by atoms with Crippen LogP contribution in [-0.2, 0) is 12.3 Å². The third kappa shape index (κ3) is 6.94. The first-order valence-corrected chi connectivity index (χ1v) is 7.61. The number of nitrogens with zero attached hydrogens (tertiary/aromatic N) is 1. The van der Waals surface area contributed by atoms with Crippen molar-refractivity contribution in [2.45, 2.75) is 31.9 Å². The van der Waals surface area contributed by atoms with Crippen molar-refractivity contribution < 1.29 is 13.2 Å². The van der Waals surface area contributed by atoms with Gasteiger partial charge in [-0.2, -0.15) is 8.78 Å². The number of hydrogen-bond acceptors (Lipinski definition) is 4. The minimum absolute atomic E-state index is 0.219. The van der Waals surface area contributed by atoms with E-state index in [4.69, 9.17) is 4.42 Å². The van der Waals surface area contributed by atoms with E-state index in [1.807, 2.05) is 6.07 Å². The molecule has 6 heteroatoms. The van der Waals surface area contributed by atoms with E-state index in [0.29, 0.717) is 24.1 Å². The molecule has 3 nitrogen and oxygen atoms in total. The zero-order chi connectivity index (χ0) is 14.1. The number of rotatable bonds is 10. The van der Waals surface area contributed by atoms with Gasteiger partial charge in [0.1, 0.15) is 11.5 Å². The maximum absolute atomic E-state index is 12.0. The second-order valence-corrected chi connectivity index (χ2v) is 5.12. The first kappa shape index (κ1) is 16.5. The first-order valence-electron chi connectivity index (χ1n) is 6.56. The van der Waals surface area contributed by atoms with Gasteiger partial charge in [-0.1, -0.05) is 25.6 Å². The van der Waals surface area contributed by atoms with Crippen LogP contribution in [0, 0.1) is 0 Å². The van der Waals surface area contributed by atoms with Crippen LogP contribution in [0.2, 0.25) is 0 Å². The van der Waals surface area contributed by atoms with Gasteiger partial charge in [-0.15, -0.1) is 0 Å². The summed E-state index contributed by atoms with van der Waals surface area (Å²) >= 11 is 0.582. The number of thioether (sulfide) groups is 1. The van der Waals surface area contributed by atoms with Crippen molar-refractivity contribution in [3.63, 3.8) is 0 Å². The zero-order valence-electron chi connectivity index (χ0n) is 11.5. The molecule has 0 atom stereocenters. The van der Waals surface area contributed by atoms with Crippen molar-refractivity contribution in [1.82, 2.24) is 10.2 Å². The van der Waals surface area contributed by atoms with Crippen LogP contribution in [0.5, 0.6) is 0 Å². The minimum Gasteiger partial charge on any atom is -0.464 e. The molecule has 1 aromatic heterocycles. The Kier molecular flexibility index (Phi) is 8.09. The predicted molar refractivity (Wildman–Crippen MR) is 75.5 cm³/mol. The average molecular weight is 292 g/mol. The van der Waals surface area contributed by atoms with Gasteiger partial charge in [0.15, 0.2) is 0 Å². The minimum atomic E-state index is -2.35. The first-order chi connectivity index (χ1) is 9.15. The molecular weight excluding hydrogens is 270 g/mol. The highest BCUT2D eigenvalue weighted by molar-refractivity contribution is 7.98. The van der Waals surface area contributed by atoms with Crippen molar-refractivity contribution in [3.05, 3.63) is 23.7 Å². The fraction of sp³-hybridized carbons (Fsp3) is 0.692. The molecule has 0 fully saturated rings. The van der Waals surface area contributed by atoms with Crippen LogP contribution in [0.15, 0.2) is 16.5 Å². The van der Waals surface area contributed by atoms with Gasteiger partial charge in [-0.05, 0) is 25.2 Å². The quantitative estimate of drug-likeness (QED) is 0.671. The second-order valence-electron chi connectivity index (χ2n) is 4.14. The Bertz CT molecular complexity index is 343. The molecule has 0 spiro atoms. The number of halogens is 2. The smallest absolute Gasteiger partial charge is 0.284 e. The fourth-order valence-electron chi connectivity index (χ4n) is 1.73. The van der Waals surface area contributed by atoms with Crippen LogP contribution in [0.3, 0.4) is 0 Å². The summed E-state index contributed by atoms with van der Waals surface area (Å²) in [7, 11) is 0. The lowest BCUT2D eigenvalue weighted by atomic mass is 10.4. The maximum Gasteiger partial charge on any atom is 0.284 e. The van der Waals surface area contributed by atoms with Crippen LogP contribution in [0.1, 0.15) is 25.4 Å². The summed E-state index contributed by atoms with van der Waals surface area (Å²) in [6.07, 6.45) is 0. The molecule has 0 amide bonds. The molecule has 1 N–H and O–H groups in total. The molecule has 0 aliphatic rings. The molecular formula is C13H22F2N2OS. The van der Waals surface area contributed by atoms with Gasteiger partial charge in [-0.3, -0.25) is 0 Å². The van der Waals surface area contributed by atoms with E-state index in [1.165, 1.54) is 0 Å². The highest BCUT2D eigenvalue weighted by Gasteiger charge is 2.07. The Hall–Kier alpha value is -0.590. The lowest BCUT2D eigenvalue weighted by Gasteiger charge is -2.17. The van der Waals surface area contributed by atoms with E-state index >= 15 is 0 Å². The summed E-state index contributed by atoms with van der Waals surface area (Å²) in [6.45, 7) is 8.92. The van der Waals surface area contributed by atoms with Crippen molar-refractivity contribution in [3.8, 4) is 0 Å². The van der Waals surface area contributed by atoms with Gasteiger partial charge < -0.3 is 14.6 Å². The Morgan fingerprint density at radius 3 is 2.58 bits per heavy atom. The standard InChI is InChI=1S/C13H22F2N2OS/c1-3-17(4-2)8-7-16-9-11-5-6-12(18-11)10-19-13(14)15/h5-6,13,16H,3-4,7-10H2,1-2H3. The molecule has 0 saturated carbocycles. The second kappa shape index (κ2) is 9.34. The lowest BCUT2D eigenvalue weighted by molar-refractivity contribution is 0.251. The third-order valence-electron chi connectivity index (χ3n) is 2.87. The number of furan rings is 1. The van der Waals surface area contributed by atoms with E-state index < -0.39 is 5.76 Å². The Morgan fingerprint density at radius 1 is 1.26 bits per heavy atom. The van der Waals surface area contributed by atoms with Gasteiger partial charge in [0.05, 0.1) is 12.3 Å². The van der Waals surface area contributed by atoms with Gasteiger partial charge in [-0.25, -0.2) is 0 Å². The molecule has 1 rings (SSSR count). The highest BCUT2D eigenvalue weighted by atomic mass is 32.2. The van der Waals surface area contributed by atoms with E-state index in [2.05, 4.69) is 24.1 Å². The zero-order valence-corrected chi connectivity index (χ0v) is 12.3. The van der Waals surface area contributed by atoms with Crippen molar-refractivity contribution in [2.24, 2.45) is 0 Å². The topological polar surface area (TPSA) is 28.4 Å². The number of hydrogen-bond donors (Lipinski definition) is 1. The number of alkyl halides is 2. The van der Waals surface area contributed by atoms with Gasteiger partial charge in [0.25, 0.3) is 5.76 Å². The molecule has 0 unspecified atom stereocenters. The number of nitrogens with one attached hydrogen (secondary N) is 1. The fourth-order valence-corrected chi connectivity index (χ4v) is 2.17. The summed E-state index contributed by atoms with van der Waals surface area (Å²) in [4.78, 5) is 2.33. The normalized spacial score (nSPS) is 11.7. The lowest BCUT2D eigenvalue weighted by Crippen LogP contribution is -2.31. The van der Waals surface area contributed by atoms with Gasteiger partial charge in [0, 0.05) is 13.1 Å². The van der Waals surface area contributed by atoms with Crippen molar-refractivity contribution in [2.75, 3.05) is 26.2 Å². The van der Waals surface area contributed by atoms with E-state index in [9.17, 15) is 8.78 Å². The Morgan fingerprint density at radius 2 is 1.95 bits per heavy atom. The van der Waals surface area contributed by atoms with Crippen LogP contribution < -0.4 is 5.32 Å². The SMILES string of the molecule is CCN(CC)CCNCc1ccc(CSC(F)F)o1. The van der Waals surface area contributed by atoms with E-state index in [0.717, 1.165) is 31.9 Å². The van der Waals surface area contributed by atoms with Gasteiger partial charge >= 0.3 is 0 Å². The molecule has 0 bridgehead atoms. The van der Waals surface area contributed by atoms with Crippen LogP contribution in [0.4, 0.5) is 8.78 Å². The molecule has 1 aromatic rings. The molecule has 0 aromatic carbocycles. The summed E-state index contributed by atoms with van der Waals surface area (Å²) in [6, 6.07) is 3.60. The predicted octanol–water partition coefficient (Wildman–Crippen LogP) is 3.17. The monoisotopic (exact) mass is 292 g/mol. The Labute approximate surface area is 117 Å². The van der Waals surface area contributed by atoms with Crippen LogP contribution >= 0.6 is 11.8 Å². The maximum atomic E-state index is 12.0. The van der Waals surface area contributed by atoms with E-state index in [1.54, 1.807) is 6.07 Å². The van der Waals surface area contributed by atoms with Crippen LogP contribution in [-0.4, -0.2) is 36.8 Å². The average Bonchev–Trinajstić information content (AvgIpc) is 2.84. The number of likely N-dealkylation sites (N-methyl/N-ethyl adjacent to an activating group) is 1. The summed E-state index contributed by atoms with van der Waals surface area (Å²) < 4.78 is 29.5. The summed E-state index contributed by atoms with van der Waals surface area (Å²) in [5.41, 5.74) is 0. The Balaban J connectivity index is 2.19. The molecule has 19 heavy (non-hydrogen) atoms. The van der Waals surface area contributed by atoms with Crippen LogP contribution in [0.25, 0.3) is 0 Å². The molecule has 0 aliphatic heterocycles. The summed E-state index contributed by atoms with van der Waals surface area (Å²) in [5.74, 6) is -0.729. The molecule has 0 saturated heterocycles. The van der Waals surface area contributed by atoms with Crippen molar-refractivity contribution in [1.29, 1.82) is 0 Å². The molecule has 0 radical (unpaired) electrons. The molecule has 110 valence electrons. The highest BCUT2D eigenvalue weighted by Crippen LogP contribution is 2.21.